The van der Waals surface area contributed by atoms with Crippen LogP contribution < -0.4 is 11.1 Å². The van der Waals surface area contributed by atoms with Gasteiger partial charge < -0.3 is 11.1 Å². The van der Waals surface area contributed by atoms with E-state index in [0.717, 1.165) is 12.8 Å². The number of nitrogens with two attached hydrogens (primary N) is 1. The topological polar surface area (TPSA) is 55.1 Å². The van der Waals surface area contributed by atoms with E-state index in [4.69, 9.17) is 5.73 Å². The smallest absolute Gasteiger partial charge is 0.251 e. The minimum Gasteiger partial charge on any atom is -0.350 e. The Morgan fingerprint density at radius 1 is 1.59 bits per heavy atom. The zero-order valence-electron chi connectivity index (χ0n) is 9.25. The minimum atomic E-state index is -0.378. The third-order valence-electron chi connectivity index (χ3n) is 2.91. The third kappa shape index (κ3) is 3.26. The number of carbonyl (C=O) groups excluding carboxylic acids is 1. The Labute approximate surface area is 108 Å². The Morgan fingerprint density at radius 3 is 2.88 bits per heavy atom. The lowest BCUT2D eigenvalue weighted by Gasteiger charge is -2.11. The highest BCUT2D eigenvalue weighted by molar-refractivity contribution is 9.10. The van der Waals surface area contributed by atoms with Crippen molar-refractivity contribution in [1.82, 2.24) is 5.32 Å². The van der Waals surface area contributed by atoms with Crippen LogP contribution in [-0.2, 0) is 0 Å². The van der Waals surface area contributed by atoms with Crippen LogP contribution in [0.1, 0.15) is 23.2 Å². The summed E-state index contributed by atoms with van der Waals surface area (Å²) in [5, 5.41) is 2.76. The molecule has 3 N–H and O–H groups in total. The Kier molecular flexibility index (Phi) is 3.79. The van der Waals surface area contributed by atoms with Gasteiger partial charge in [-0.05, 0) is 52.9 Å². The lowest BCUT2D eigenvalue weighted by atomic mass is 10.2. The molecular formula is C12H14BrFN2O. The number of halogens is 2. The molecule has 1 aliphatic rings. The molecule has 0 heterocycles. The molecule has 0 radical (unpaired) electrons. The maximum Gasteiger partial charge on any atom is 0.251 e. The van der Waals surface area contributed by atoms with Gasteiger partial charge in [0, 0.05) is 18.2 Å². The maximum atomic E-state index is 13.0. The molecule has 1 fully saturated rings. The fourth-order valence-electron chi connectivity index (χ4n) is 1.64. The van der Waals surface area contributed by atoms with Gasteiger partial charge in [-0.25, -0.2) is 4.39 Å². The molecule has 92 valence electrons. The van der Waals surface area contributed by atoms with E-state index in [1.807, 2.05) is 0 Å². The first-order valence-corrected chi connectivity index (χ1v) is 6.36. The number of carbonyl (C=O) groups is 1. The molecule has 1 aromatic rings. The van der Waals surface area contributed by atoms with Gasteiger partial charge in [0.1, 0.15) is 5.82 Å². The first-order valence-electron chi connectivity index (χ1n) is 5.57. The van der Waals surface area contributed by atoms with Crippen LogP contribution in [-0.4, -0.2) is 18.5 Å². The zero-order chi connectivity index (χ0) is 12.4. The zero-order valence-corrected chi connectivity index (χ0v) is 10.8. The molecule has 0 spiro atoms. The van der Waals surface area contributed by atoms with Gasteiger partial charge >= 0.3 is 0 Å². The number of hydrogen-bond donors (Lipinski definition) is 2. The normalized spacial score (nSPS) is 16.6. The molecule has 1 amide bonds. The van der Waals surface area contributed by atoms with Crippen LogP contribution in [0.25, 0.3) is 0 Å². The summed E-state index contributed by atoms with van der Waals surface area (Å²) in [6.45, 7) is 0.471. The Morgan fingerprint density at radius 2 is 2.29 bits per heavy atom. The number of nitrogens with one attached hydrogen (secondary N) is 1. The molecule has 0 aromatic heterocycles. The second kappa shape index (κ2) is 5.14. The molecule has 3 nitrogen and oxygen atoms in total. The average Bonchev–Trinajstić information content (AvgIpc) is 3.13. The molecule has 0 bridgehead atoms. The van der Waals surface area contributed by atoms with Gasteiger partial charge in [0.05, 0.1) is 4.47 Å². The number of rotatable bonds is 4. The molecule has 5 heteroatoms. The highest BCUT2D eigenvalue weighted by atomic mass is 79.9. The van der Waals surface area contributed by atoms with Crippen molar-refractivity contribution in [2.45, 2.75) is 18.9 Å². The fraction of sp³-hybridized carbons (Fsp3) is 0.417. The van der Waals surface area contributed by atoms with E-state index in [2.05, 4.69) is 21.2 Å². The van der Waals surface area contributed by atoms with Crippen molar-refractivity contribution in [2.75, 3.05) is 6.54 Å². The molecule has 0 aliphatic heterocycles. The van der Waals surface area contributed by atoms with E-state index in [9.17, 15) is 9.18 Å². The lowest BCUT2D eigenvalue weighted by Crippen LogP contribution is -2.38. The van der Waals surface area contributed by atoms with Crippen molar-refractivity contribution in [3.05, 3.63) is 34.1 Å². The maximum absolute atomic E-state index is 13.0. The van der Waals surface area contributed by atoms with Gasteiger partial charge in [0.2, 0.25) is 0 Å². The SMILES string of the molecule is NC(CNC(=O)c1ccc(F)c(Br)c1)C1CC1. The molecule has 2 rings (SSSR count). The van der Waals surface area contributed by atoms with Crippen molar-refractivity contribution in [2.24, 2.45) is 11.7 Å². The Balaban J connectivity index is 1.92. The monoisotopic (exact) mass is 300 g/mol. The van der Waals surface area contributed by atoms with Gasteiger partial charge in [0.25, 0.3) is 5.91 Å². The minimum absolute atomic E-state index is 0.0304. The van der Waals surface area contributed by atoms with Crippen molar-refractivity contribution in [3.63, 3.8) is 0 Å². The van der Waals surface area contributed by atoms with Gasteiger partial charge in [-0.3, -0.25) is 4.79 Å². The first kappa shape index (κ1) is 12.5. The van der Waals surface area contributed by atoms with Gasteiger partial charge in [-0.2, -0.15) is 0 Å². The molecule has 0 saturated heterocycles. The lowest BCUT2D eigenvalue weighted by molar-refractivity contribution is 0.0950. The second-order valence-corrected chi connectivity index (χ2v) is 5.19. The van der Waals surface area contributed by atoms with Crippen molar-refractivity contribution in [1.29, 1.82) is 0 Å². The van der Waals surface area contributed by atoms with Crippen molar-refractivity contribution < 1.29 is 9.18 Å². The summed E-state index contributed by atoms with van der Waals surface area (Å²) in [5.41, 5.74) is 6.31. The highest BCUT2D eigenvalue weighted by Gasteiger charge is 2.28. The van der Waals surface area contributed by atoms with Crippen LogP contribution in [0.2, 0.25) is 0 Å². The highest BCUT2D eigenvalue weighted by Crippen LogP contribution is 2.31. The molecule has 1 aromatic carbocycles. The summed E-state index contributed by atoms with van der Waals surface area (Å²) in [4.78, 5) is 11.7. The van der Waals surface area contributed by atoms with Crippen LogP contribution in [0.3, 0.4) is 0 Å². The summed E-state index contributed by atoms with van der Waals surface area (Å²) in [6, 6.07) is 4.22. The van der Waals surface area contributed by atoms with Crippen LogP contribution in [0.5, 0.6) is 0 Å². The van der Waals surface area contributed by atoms with E-state index < -0.39 is 0 Å². The summed E-state index contributed by atoms with van der Waals surface area (Å²) < 4.78 is 13.3. The van der Waals surface area contributed by atoms with Crippen LogP contribution in [0, 0.1) is 11.7 Å². The van der Waals surface area contributed by atoms with E-state index >= 15 is 0 Å². The van der Waals surface area contributed by atoms with E-state index in [0.29, 0.717) is 18.0 Å². The van der Waals surface area contributed by atoms with Crippen LogP contribution >= 0.6 is 15.9 Å². The van der Waals surface area contributed by atoms with Crippen LogP contribution in [0.15, 0.2) is 22.7 Å². The van der Waals surface area contributed by atoms with Gasteiger partial charge in [-0.1, -0.05) is 0 Å². The molecule has 1 unspecified atom stereocenters. The molecule has 1 atom stereocenters. The molecule has 1 aliphatic carbocycles. The Hall–Kier alpha value is -0.940. The molecule has 17 heavy (non-hydrogen) atoms. The standard InChI is InChI=1S/C12H14BrFN2O/c13-9-5-8(3-4-10(9)14)12(17)16-6-11(15)7-1-2-7/h3-5,7,11H,1-2,6,15H2,(H,16,17). The molecule has 1 saturated carbocycles. The van der Waals surface area contributed by atoms with E-state index in [1.54, 1.807) is 0 Å². The number of benzene rings is 1. The predicted octanol–water partition coefficient (Wildman–Crippen LogP) is 2.06. The fourth-order valence-corrected chi connectivity index (χ4v) is 2.02. The summed E-state index contributed by atoms with van der Waals surface area (Å²) in [7, 11) is 0. The largest absolute Gasteiger partial charge is 0.350 e. The van der Waals surface area contributed by atoms with Gasteiger partial charge in [0.15, 0.2) is 0 Å². The third-order valence-corrected chi connectivity index (χ3v) is 3.52. The molecular weight excluding hydrogens is 287 g/mol. The summed E-state index contributed by atoms with van der Waals surface area (Å²) >= 11 is 3.05. The summed E-state index contributed by atoms with van der Waals surface area (Å²) in [6.07, 6.45) is 2.30. The summed E-state index contributed by atoms with van der Waals surface area (Å²) in [5.74, 6) is -0.0479. The average molecular weight is 301 g/mol. The predicted molar refractivity (Wildman–Crippen MR) is 67.1 cm³/mol. The van der Waals surface area contributed by atoms with Crippen molar-refractivity contribution >= 4 is 21.8 Å². The number of hydrogen-bond acceptors (Lipinski definition) is 2. The van der Waals surface area contributed by atoms with Crippen molar-refractivity contribution in [3.8, 4) is 0 Å². The van der Waals surface area contributed by atoms with Crippen LogP contribution in [0.4, 0.5) is 4.39 Å². The second-order valence-electron chi connectivity index (χ2n) is 4.34. The van der Waals surface area contributed by atoms with Gasteiger partial charge in [-0.15, -0.1) is 0 Å². The number of amides is 1. The van der Waals surface area contributed by atoms with E-state index in [1.165, 1.54) is 18.2 Å². The Bertz CT molecular complexity index is 435. The first-order chi connectivity index (χ1) is 8.08. The quantitative estimate of drug-likeness (QED) is 0.894. The van der Waals surface area contributed by atoms with E-state index in [-0.39, 0.29) is 22.2 Å².